The maximum atomic E-state index is 7.49. The minimum absolute atomic E-state index is 1.64. The molecule has 8 heavy (non-hydrogen) atoms. The lowest BCUT2D eigenvalue weighted by Crippen LogP contribution is -1.74. The first-order chi connectivity index (χ1) is 3.83. The summed E-state index contributed by atoms with van der Waals surface area (Å²) in [6.45, 7) is 0. The molecular formula is C2H6N4P2. The van der Waals surface area contributed by atoms with Crippen LogP contribution in [0, 0.1) is 22.9 Å². The van der Waals surface area contributed by atoms with E-state index in [0.29, 0.717) is 0 Å². The molecule has 0 aromatic rings. The molecule has 0 bridgehead atoms. The second kappa shape index (κ2) is 16.1. The first kappa shape index (κ1) is 10.4. The maximum Gasteiger partial charge on any atom is 0.179 e. The predicted molar refractivity (Wildman–Crippen MR) is 36.9 cm³/mol. The number of hydrogen-bond acceptors (Lipinski definition) is 4. The fraction of sp³-hybridized carbons (Fsp3) is 0. The molecule has 0 aliphatic rings. The Labute approximate surface area is 52.8 Å². The molecule has 0 spiro atoms. The molecule has 0 saturated carbocycles. The van der Waals surface area contributed by atoms with Crippen LogP contribution in [0.5, 0.6) is 0 Å². The van der Waals surface area contributed by atoms with Crippen molar-refractivity contribution in [3.8, 4) is 12.4 Å². The Morgan fingerprint density at radius 3 is 1.12 bits per heavy atom. The van der Waals surface area contributed by atoms with Crippen LogP contribution in [-0.4, -0.2) is 0 Å². The monoisotopic (exact) mass is 148 g/mol. The number of nitrogens with one attached hydrogen (secondary N) is 2. The Balaban J connectivity index is 0. The molecule has 2 atom stereocenters. The number of nitriles is 2. The van der Waals surface area contributed by atoms with Crippen molar-refractivity contribution in [3.05, 3.63) is 0 Å². The molecule has 44 valence electrons. The third kappa shape index (κ3) is 51.7. The van der Waals surface area contributed by atoms with Crippen LogP contribution in [-0.2, 0) is 0 Å². The average molecular weight is 148 g/mol. The third-order valence-electron chi connectivity index (χ3n) is 0.129. The fourth-order valence-corrected chi connectivity index (χ4v) is 0. The lowest BCUT2D eigenvalue weighted by molar-refractivity contribution is 1.37. The minimum Gasteiger partial charge on any atom is -0.309 e. The maximum absolute atomic E-state index is 7.49. The van der Waals surface area contributed by atoms with Gasteiger partial charge in [0.15, 0.2) is 12.4 Å². The number of nitrogens with zero attached hydrogens (tertiary/aromatic N) is 2. The molecule has 0 heterocycles. The van der Waals surface area contributed by atoms with Crippen LogP contribution in [0.15, 0.2) is 0 Å². The van der Waals surface area contributed by atoms with Crippen molar-refractivity contribution in [2.24, 2.45) is 0 Å². The van der Waals surface area contributed by atoms with Crippen LogP contribution in [0.2, 0.25) is 0 Å². The van der Waals surface area contributed by atoms with E-state index in [1.165, 1.54) is 0 Å². The Hall–Kier alpha value is -0.560. The van der Waals surface area contributed by atoms with Crippen molar-refractivity contribution in [2.75, 3.05) is 0 Å². The molecule has 0 rings (SSSR count). The summed E-state index contributed by atoms with van der Waals surface area (Å²) in [6.07, 6.45) is 3.29. The van der Waals surface area contributed by atoms with E-state index in [-0.39, 0.29) is 0 Å². The van der Waals surface area contributed by atoms with Gasteiger partial charge >= 0.3 is 0 Å². The topological polar surface area (TPSA) is 71.6 Å². The second-order valence-electron chi connectivity index (χ2n) is 0.512. The Kier molecular flexibility index (Phi) is 21.0. The molecule has 0 fully saturated rings. The van der Waals surface area contributed by atoms with Gasteiger partial charge in [-0.25, -0.2) is 0 Å². The summed E-state index contributed by atoms with van der Waals surface area (Å²) in [7, 11) is 4.09. The zero-order chi connectivity index (χ0) is 6.83. The summed E-state index contributed by atoms with van der Waals surface area (Å²) < 4.78 is 0. The Morgan fingerprint density at radius 2 is 1.12 bits per heavy atom. The zero-order valence-electron chi connectivity index (χ0n) is 4.05. The van der Waals surface area contributed by atoms with E-state index in [4.69, 9.17) is 10.5 Å². The minimum atomic E-state index is 1.64. The second-order valence-corrected chi connectivity index (χ2v) is 1.09. The van der Waals surface area contributed by atoms with Gasteiger partial charge in [-0.05, 0) is 18.8 Å². The molecule has 6 heteroatoms. The van der Waals surface area contributed by atoms with Crippen molar-refractivity contribution in [3.63, 3.8) is 0 Å². The van der Waals surface area contributed by atoms with Gasteiger partial charge in [0, 0.05) is 0 Å². The van der Waals surface area contributed by atoms with Crippen LogP contribution in [0.25, 0.3) is 0 Å². The summed E-state index contributed by atoms with van der Waals surface area (Å²) in [4.78, 5) is 0. The van der Waals surface area contributed by atoms with E-state index < -0.39 is 0 Å². The molecular weight excluding hydrogens is 142 g/mol. The van der Waals surface area contributed by atoms with E-state index in [1.807, 2.05) is 18.8 Å². The highest BCUT2D eigenvalue weighted by atomic mass is 31.0. The number of hydrogen-bond donors (Lipinski definition) is 2. The van der Waals surface area contributed by atoms with Gasteiger partial charge in [-0.15, -0.1) is 0 Å². The highest BCUT2D eigenvalue weighted by Gasteiger charge is 1.40. The zero-order valence-corrected chi connectivity index (χ0v) is 6.36. The van der Waals surface area contributed by atoms with Gasteiger partial charge in [0.2, 0.25) is 0 Å². The van der Waals surface area contributed by atoms with Gasteiger partial charge in [0.25, 0.3) is 0 Å². The Bertz CT molecular complexity index is 85.6. The summed E-state index contributed by atoms with van der Waals surface area (Å²) >= 11 is 0. The largest absolute Gasteiger partial charge is 0.309 e. The molecule has 2 N–H and O–H groups in total. The van der Waals surface area contributed by atoms with Gasteiger partial charge < -0.3 is 10.2 Å². The SMILES string of the molecule is N#CNP.N#CNP. The molecule has 2 unspecified atom stereocenters. The number of rotatable bonds is 0. The highest BCUT2D eigenvalue weighted by molar-refractivity contribution is 7.14. The van der Waals surface area contributed by atoms with E-state index in [0.717, 1.165) is 0 Å². The lowest BCUT2D eigenvalue weighted by Gasteiger charge is -1.60. The van der Waals surface area contributed by atoms with Gasteiger partial charge in [-0.3, -0.25) is 0 Å². The molecule has 0 radical (unpaired) electrons. The molecule has 0 amide bonds. The van der Waals surface area contributed by atoms with E-state index >= 15 is 0 Å². The van der Waals surface area contributed by atoms with Crippen molar-refractivity contribution in [2.45, 2.75) is 0 Å². The van der Waals surface area contributed by atoms with E-state index in [9.17, 15) is 0 Å². The van der Waals surface area contributed by atoms with Crippen molar-refractivity contribution in [1.29, 1.82) is 10.5 Å². The molecule has 0 saturated heterocycles. The molecule has 0 aliphatic heterocycles. The Morgan fingerprint density at radius 1 is 1.00 bits per heavy atom. The third-order valence-corrected chi connectivity index (χ3v) is 0.387. The smallest absolute Gasteiger partial charge is 0.179 e. The van der Waals surface area contributed by atoms with Gasteiger partial charge in [0.1, 0.15) is 0 Å². The molecule has 0 aliphatic carbocycles. The normalized spacial score (nSPS) is 4.00. The van der Waals surface area contributed by atoms with Gasteiger partial charge in [0.05, 0.1) is 0 Å². The summed E-state index contributed by atoms with van der Waals surface area (Å²) in [6, 6.07) is 0. The highest BCUT2D eigenvalue weighted by Crippen LogP contribution is 1.54. The summed E-state index contributed by atoms with van der Waals surface area (Å²) in [5.41, 5.74) is 0. The van der Waals surface area contributed by atoms with E-state index in [2.05, 4.69) is 10.2 Å². The van der Waals surface area contributed by atoms with Crippen molar-refractivity contribution < 1.29 is 0 Å². The first-order valence-corrected chi connectivity index (χ1v) is 2.68. The average Bonchev–Trinajstić information content (AvgIpc) is 1.88. The lowest BCUT2D eigenvalue weighted by atomic mass is 11.5. The fourth-order valence-electron chi connectivity index (χ4n) is 0. The van der Waals surface area contributed by atoms with Crippen LogP contribution in [0.4, 0.5) is 0 Å². The molecule has 0 aromatic heterocycles. The molecule has 4 nitrogen and oxygen atoms in total. The quantitative estimate of drug-likeness (QED) is 0.281. The van der Waals surface area contributed by atoms with Crippen LogP contribution in [0.1, 0.15) is 0 Å². The standard InChI is InChI=1S/2CH3N2P/c2*2-1-3-4/h2*3H,4H2. The van der Waals surface area contributed by atoms with Crippen LogP contribution in [0.3, 0.4) is 0 Å². The van der Waals surface area contributed by atoms with Crippen molar-refractivity contribution >= 4 is 18.8 Å². The van der Waals surface area contributed by atoms with Crippen LogP contribution < -0.4 is 10.2 Å². The predicted octanol–water partition coefficient (Wildman–Crippen LogP) is -0.306. The van der Waals surface area contributed by atoms with Gasteiger partial charge in [-0.1, -0.05) is 0 Å². The van der Waals surface area contributed by atoms with E-state index in [1.54, 1.807) is 12.4 Å². The summed E-state index contributed by atoms with van der Waals surface area (Å²) in [5.74, 6) is 0. The first-order valence-electron chi connectivity index (χ1n) is 1.52. The van der Waals surface area contributed by atoms with Crippen molar-refractivity contribution in [1.82, 2.24) is 10.2 Å². The molecule has 0 aromatic carbocycles. The van der Waals surface area contributed by atoms with Crippen LogP contribution >= 0.6 is 18.8 Å². The summed E-state index contributed by atoms with van der Waals surface area (Å²) in [5, 5.41) is 19.3. The van der Waals surface area contributed by atoms with Gasteiger partial charge in [-0.2, -0.15) is 10.5 Å².